The van der Waals surface area contributed by atoms with Crippen molar-refractivity contribution < 1.29 is 4.79 Å². The van der Waals surface area contributed by atoms with Gasteiger partial charge in [-0.2, -0.15) is 0 Å². The zero-order valence-electron chi connectivity index (χ0n) is 12.7. The van der Waals surface area contributed by atoms with E-state index in [0.29, 0.717) is 5.82 Å². The number of nitrogens with zero attached hydrogens (tertiary/aromatic N) is 2. The van der Waals surface area contributed by atoms with Crippen molar-refractivity contribution in [3.05, 3.63) is 46.3 Å². The molecule has 0 aliphatic rings. The Morgan fingerprint density at radius 3 is 2.73 bits per heavy atom. The number of hydrogen-bond donors (Lipinski definition) is 2. The number of rotatable bonds is 6. The fourth-order valence-electron chi connectivity index (χ4n) is 1.80. The first-order valence-corrected chi connectivity index (χ1v) is 8.03. The van der Waals surface area contributed by atoms with Crippen LogP contribution in [0.1, 0.15) is 35.8 Å². The van der Waals surface area contributed by atoms with Crippen LogP contribution in [0, 0.1) is 6.92 Å². The van der Waals surface area contributed by atoms with Crippen LogP contribution in [0.4, 0.5) is 11.5 Å². The normalized spacial score (nSPS) is 10.3. The molecule has 0 bridgehead atoms. The quantitative estimate of drug-likeness (QED) is 0.761. The number of nitrogens with one attached hydrogen (secondary N) is 2. The van der Waals surface area contributed by atoms with E-state index in [0.717, 1.165) is 35.1 Å². The molecule has 1 heterocycles. The molecule has 0 saturated carbocycles. The topological polar surface area (TPSA) is 66.9 Å². The molecule has 0 aliphatic heterocycles. The second kappa shape index (κ2) is 7.89. The molecular weight excluding hydrogens is 344 g/mol. The zero-order chi connectivity index (χ0) is 15.9. The third-order valence-corrected chi connectivity index (χ3v) is 4.00. The minimum Gasteiger partial charge on any atom is -0.369 e. The van der Waals surface area contributed by atoms with Gasteiger partial charge in [-0.3, -0.25) is 4.79 Å². The highest BCUT2D eigenvalue weighted by Crippen LogP contribution is 2.20. The third kappa shape index (κ3) is 4.53. The van der Waals surface area contributed by atoms with Gasteiger partial charge >= 0.3 is 0 Å². The summed E-state index contributed by atoms with van der Waals surface area (Å²) in [5, 5.41) is 5.97. The molecule has 2 aromatic rings. The lowest BCUT2D eigenvalue weighted by atomic mass is 10.2. The summed E-state index contributed by atoms with van der Waals surface area (Å²) in [5.74, 6) is 0.409. The Morgan fingerprint density at radius 1 is 1.27 bits per heavy atom. The van der Waals surface area contributed by atoms with Crippen molar-refractivity contribution in [3.8, 4) is 0 Å². The monoisotopic (exact) mass is 362 g/mol. The molecule has 2 N–H and O–H groups in total. The van der Waals surface area contributed by atoms with E-state index in [4.69, 9.17) is 0 Å². The maximum Gasteiger partial charge on any atom is 0.275 e. The van der Waals surface area contributed by atoms with E-state index >= 15 is 0 Å². The van der Waals surface area contributed by atoms with Gasteiger partial charge in [0.05, 0.1) is 12.4 Å². The summed E-state index contributed by atoms with van der Waals surface area (Å²) in [6.07, 6.45) is 5.25. The second-order valence-electron chi connectivity index (χ2n) is 4.99. The van der Waals surface area contributed by atoms with E-state index in [1.807, 2.05) is 25.1 Å². The van der Waals surface area contributed by atoms with E-state index in [1.165, 1.54) is 6.20 Å². The molecule has 1 aromatic carbocycles. The fourth-order valence-corrected chi connectivity index (χ4v) is 2.17. The lowest BCUT2D eigenvalue weighted by Gasteiger charge is -2.07. The molecule has 0 unspecified atom stereocenters. The van der Waals surface area contributed by atoms with E-state index in [9.17, 15) is 4.79 Å². The maximum absolute atomic E-state index is 12.1. The Morgan fingerprint density at radius 2 is 2.09 bits per heavy atom. The summed E-state index contributed by atoms with van der Waals surface area (Å²) in [6.45, 7) is 4.98. The van der Waals surface area contributed by atoms with Crippen LogP contribution >= 0.6 is 15.9 Å². The van der Waals surface area contributed by atoms with Gasteiger partial charge in [-0.25, -0.2) is 9.97 Å². The molecule has 0 atom stereocenters. The smallest absolute Gasteiger partial charge is 0.275 e. The summed E-state index contributed by atoms with van der Waals surface area (Å²) in [5.41, 5.74) is 2.12. The Hall–Kier alpha value is -1.95. The van der Waals surface area contributed by atoms with Crippen LogP contribution in [-0.4, -0.2) is 22.4 Å². The predicted molar refractivity (Wildman–Crippen MR) is 92.3 cm³/mol. The molecule has 2 rings (SSSR count). The summed E-state index contributed by atoms with van der Waals surface area (Å²) < 4.78 is 0.951. The number of halogens is 1. The van der Waals surface area contributed by atoms with Gasteiger partial charge in [-0.05, 0) is 31.0 Å². The van der Waals surface area contributed by atoms with E-state index in [-0.39, 0.29) is 11.6 Å². The van der Waals surface area contributed by atoms with Crippen molar-refractivity contribution in [1.82, 2.24) is 9.97 Å². The minimum atomic E-state index is -0.275. The molecule has 5 nitrogen and oxygen atoms in total. The van der Waals surface area contributed by atoms with Crippen LogP contribution in [0.5, 0.6) is 0 Å². The van der Waals surface area contributed by atoms with Gasteiger partial charge in [-0.15, -0.1) is 0 Å². The van der Waals surface area contributed by atoms with E-state index in [2.05, 4.69) is 43.5 Å². The van der Waals surface area contributed by atoms with Crippen molar-refractivity contribution in [2.45, 2.75) is 26.7 Å². The van der Waals surface area contributed by atoms with Crippen molar-refractivity contribution in [2.24, 2.45) is 0 Å². The molecule has 0 fully saturated rings. The molecule has 1 amide bonds. The van der Waals surface area contributed by atoms with E-state index < -0.39 is 0 Å². The first-order chi connectivity index (χ1) is 10.6. The molecule has 116 valence electrons. The summed E-state index contributed by atoms with van der Waals surface area (Å²) in [6, 6.07) is 5.65. The summed E-state index contributed by atoms with van der Waals surface area (Å²) >= 11 is 3.44. The SMILES string of the molecule is CCCCNc1cnc(C(=O)Nc2ccc(C)c(Br)c2)cn1. The van der Waals surface area contributed by atoms with Crippen LogP contribution < -0.4 is 10.6 Å². The Labute approximate surface area is 138 Å². The molecule has 0 saturated heterocycles. The number of hydrogen-bond acceptors (Lipinski definition) is 4. The van der Waals surface area contributed by atoms with Crippen molar-refractivity contribution in [1.29, 1.82) is 0 Å². The number of anilines is 2. The molecule has 0 radical (unpaired) electrons. The van der Waals surface area contributed by atoms with Gasteiger partial charge in [-0.1, -0.05) is 35.3 Å². The minimum absolute atomic E-state index is 0.275. The molecule has 6 heteroatoms. The molecule has 0 aliphatic carbocycles. The van der Waals surface area contributed by atoms with Gasteiger partial charge in [0, 0.05) is 16.7 Å². The number of unbranched alkanes of at least 4 members (excludes halogenated alkanes) is 1. The first kappa shape index (κ1) is 16.4. The largest absolute Gasteiger partial charge is 0.369 e. The van der Waals surface area contributed by atoms with Crippen LogP contribution in [-0.2, 0) is 0 Å². The standard InChI is InChI=1S/C16H19BrN4O/c1-3-4-7-18-15-10-19-14(9-20-15)16(22)21-12-6-5-11(2)13(17)8-12/h5-6,8-10H,3-4,7H2,1-2H3,(H,18,20)(H,21,22). The number of amides is 1. The zero-order valence-corrected chi connectivity index (χ0v) is 14.3. The average molecular weight is 363 g/mol. The van der Waals surface area contributed by atoms with Gasteiger partial charge in [0.1, 0.15) is 11.5 Å². The fraction of sp³-hybridized carbons (Fsp3) is 0.312. The van der Waals surface area contributed by atoms with E-state index in [1.54, 1.807) is 6.20 Å². The van der Waals surface area contributed by atoms with Gasteiger partial charge in [0.25, 0.3) is 5.91 Å². The molecule has 0 spiro atoms. The second-order valence-corrected chi connectivity index (χ2v) is 5.84. The van der Waals surface area contributed by atoms with Gasteiger partial charge < -0.3 is 10.6 Å². The van der Waals surface area contributed by atoms with Crippen molar-refractivity contribution in [2.75, 3.05) is 17.2 Å². The van der Waals surface area contributed by atoms with Gasteiger partial charge in [0.2, 0.25) is 0 Å². The van der Waals surface area contributed by atoms with Crippen LogP contribution in [0.2, 0.25) is 0 Å². The lowest BCUT2D eigenvalue weighted by molar-refractivity contribution is 0.102. The average Bonchev–Trinajstić information content (AvgIpc) is 2.52. The van der Waals surface area contributed by atoms with Gasteiger partial charge in [0.15, 0.2) is 0 Å². The molecule has 1 aromatic heterocycles. The number of carbonyl (C=O) groups is 1. The maximum atomic E-state index is 12.1. The van der Waals surface area contributed by atoms with Crippen LogP contribution in [0.25, 0.3) is 0 Å². The van der Waals surface area contributed by atoms with Crippen LogP contribution in [0.3, 0.4) is 0 Å². The van der Waals surface area contributed by atoms with Crippen molar-refractivity contribution in [3.63, 3.8) is 0 Å². The highest BCUT2D eigenvalue weighted by Gasteiger charge is 2.09. The third-order valence-electron chi connectivity index (χ3n) is 3.15. The lowest BCUT2D eigenvalue weighted by Crippen LogP contribution is -2.14. The molecular formula is C16H19BrN4O. The first-order valence-electron chi connectivity index (χ1n) is 7.23. The Kier molecular flexibility index (Phi) is 5.89. The highest BCUT2D eigenvalue weighted by molar-refractivity contribution is 9.10. The molecule has 22 heavy (non-hydrogen) atoms. The number of carbonyl (C=O) groups excluding carboxylic acids is 1. The summed E-state index contributed by atoms with van der Waals surface area (Å²) in [4.78, 5) is 20.5. The number of benzene rings is 1. The Balaban J connectivity index is 1.98. The number of aromatic nitrogens is 2. The summed E-state index contributed by atoms with van der Waals surface area (Å²) in [7, 11) is 0. The predicted octanol–water partition coefficient (Wildman–Crippen LogP) is 4.01. The van der Waals surface area contributed by atoms with Crippen molar-refractivity contribution >= 4 is 33.3 Å². The Bertz CT molecular complexity index is 643. The highest BCUT2D eigenvalue weighted by atomic mass is 79.9. The number of aryl methyl sites for hydroxylation is 1. The van der Waals surface area contributed by atoms with Crippen LogP contribution in [0.15, 0.2) is 35.1 Å².